The van der Waals surface area contributed by atoms with Crippen molar-refractivity contribution in [1.29, 1.82) is 0 Å². The zero-order chi connectivity index (χ0) is 16.3. The number of rotatable bonds is 6. The molecule has 1 N–H and O–H groups in total. The van der Waals surface area contributed by atoms with Crippen LogP contribution in [0.15, 0.2) is 42.5 Å². The fourth-order valence-corrected chi connectivity index (χ4v) is 2.45. The summed E-state index contributed by atoms with van der Waals surface area (Å²) in [5, 5.41) is 12.5. The third kappa shape index (κ3) is 3.82. The van der Waals surface area contributed by atoms with E-state index >= 15 is 0 Å². The molecule has 0 amide bonds. The van der Waals surface area contributed by atoms with E-state index in [0.717, 1.165) is 11.8 Å². The SMILES string of the molecule is CS(=O)(=O)NCCOc1ccc2nnc(-c3ccccc3)n2n1. The number of benzene rings is 1. The molecule has 0 fully saturated rings. The summed E-state index contributed by atoms with van der Waals surface area (Å²) in [6, 6.07) is 13.0. The fourth-order valence-electron chi connectivity index (χ4n) is 2.00. The summed E-state index contributed by atoms with van der Waals surface area (Å²) in [6.45, 7) is 0.348. The van der Waals surface area contributed by atoms with Gasteiger partial charge >= 0.3 is 0 Å². The number of sulfonamides is 1. The molecule has 0 saturated heterocycles. The molecule has 23 heavy (non-hydrogen) atoms. The maximum absolute atomic E-state index is 11.0. The summed E-state index contributed by atoms with van der Waals surface area (Å²) in [5.74, 6) is 0.977. The molecule has 0 saturated carbocycles. The van der Waals surface area contributed by atoms with Crippen LogP contribution in [0.5, 0.6) is 5.88 Å². The van der Waals surface area contributed by atoms with Crippen LogP contribution in [0.4, 0.5) is 0 Å². The fraction of sp³-hybridized carbons (Fsp3) is 0.214. The van der Waals surface area contributed by atoms with E-state index in [1.807, 2.05) is 30.3 Å². The van der Waals surface area contributed by atoms with E-state index in [4.69, 9.17) is 4.74 Å². The molecule has 8 nitrogen and oxygen atoms in total. The summed E-state index contributed by atoms with van der Waals surface area (Å²) in [5.41, 5.74) is 1.49. The third-order valence-corrected chi connectivity index (χ3v) is 3.72. The molecular formula is C14H15N5O3S. The first kappa shape index (κ1) is 15.4. The molecule has 120 valence electrons. The molecular weight excluding hydrogens is 318 g/mol. The van der Waals surface area contributed by atoms with Crippen LogP contribution < -0.4 is 9.46 Å². The van der Waals surface area contributed by atoms with E-state index < -0.39 is 10.0 Å². The van der Waals surface area contributed by atoms with Crippen molar-refractivity contribution in [3.63, 3.8) is 0 Å². The number of hydrogen-bond donors (Lipinski definition) is 1. The van der Waals surface area contributed by atoms with E-state index in [-0.39, 0.29) is 13.2 Å². The molecule has 2 aromatic heterocycles. The Labute approximate surface area is 133 Å². The van der Waals surface area contributed by atoms with E-state index in [0.29, 0.717) is 17.4 Å². The largest absolute Gasteiger partial charge is 0.475 e. The zero-order valence-corrected chi connectivity index (χ0v) is 13.2. The lowest BCUT2D eigenvalue weighted by Crippen LogP contribution is -2.27. The highest BCUT2D eigenvalue weighted by molar-refractivity contribution is 7.88. The van der Waals surface area contributed by atoms with Crippen molar-refractivity contribution in [1.82, 2.24) is 24.5 Å². The van der Waals surface area contributed by atoms with Crippen LogP contribution in [0.25, 0.3) is 17.0 Å². The molecule has 0 bridgehead atoms. The van der Waals surface area contributed by atoms with Gasteiger partial charge in [0.1, 0.15) is 6.61 Å². The molecule has 0 unspecified atom stereocenters. The first-order valence-corrected chi connectivity index (χ1v) is 8.77. The Morgan fingerprint density at radius 2 is 1.91 bits per heavy atom. The van der Waals surface area contributed by atoms with Crippen molar-refractivity contribution in [3.8, 4) is 17.3 Å². The van der Waals surface area contributed by atoms with Gasteiger partial charge in [-0.15, -0.1) is 15.3 Å². The highest BCUT2D eigenvalue weighted by Gasteiger charge is 2.10. The lowest BCUT2D eigenvalue weighted by atomic mass is 10.2. The molecule has 0 aliphatic carbocycles. The summed E-state index contributed by atoms with van der Waals surface area (Å²) in [6.07, 6.45) is 1.10. The van der Waals surface area contributed by atoms with E-state index in [1.165, 1.54) is 0 Å². The quantitative estimate of drug-likeness (QED) is 0.667. The normalized spacial score (nSPS) is 11.7. The molecule has 0 atom stereocenters. The van der Waals surface area contributed by atoms with Gasteiger partial charge in [0.25, 0.3) is 0 Å². The molecule has 3 rings (SSSR count). The third-order valence-electron chi connectivity index (χ3n) is 2.99. The standard InChI is InChI=1S/C14H15N5O3S/c1-23(20,21)15-9-10-22-13-8-7-12-16-17-14(19(12)18-13)11-5-3-2-4-6-11/h2-8,15H,9-10H2,1H3. The van der Waals surface area contributed by atoms with Crippen LogP contribution in [0.1, 0.15) is 0 Å². The molecule has 0 radical (unpaired) electrons. The van der Waals surface area contributed by atoms with Crippen LogP contribution in [-0.2, 0) is 10.0 Å². The second-order valence-corrected chi connectivity index (χ2v) is 6.68. The van der Waals surface area contributed by atoms with Gasteiger partial charge in [-0.05, 0) is 6.07 Å². The van der Waals surface area contributed by atoms with Gasteiger partial charge < -0.3 is 4.74 Å². The number of fused-ring (bicyclic) bond motifs is 1. The van der Waals surface area contributed by atoms with Crippen molar-refractivity contribution in [3.05, 3.63) is 42.5 Å². The maximum atomic E-state index is 11.0. The average Bonchev–Trinajstić information content (AvgIpc) is 2.95. The van der Waals surface area contributed by atoms with E-state index in [1.54, 1.807) is 16.6 Å². The van der Waals surface area contributed by atoms with Crippen LogP contribution in [0.2, 0.25) is 0 Å². The number of aromatic nitrogens is 4. The Balaban J connectivity index is 1.78. The average molecular weight is 333 g/mol. The van der Waals surface area contributed by atoms with Gasteiger partial charge in [0.05, 0.1) is 6.26 Å². The molecule has 9 heteroatoms. The van der Waals surface area contributed by atoms with E-state index in [2.05, 4.69) is 20.0 Å². The first-order valence-electron chi connectivity index (χ1n) is 6.88. The minimum Gasteiger partial charge on any atom is -0.475 e. The molecule has 0 aliphatic heterocycles. The lowest BCUT2D eigenvalue weighted by molar-refractivity contribution is 0.306. The Kier molecular flexibility index (Phi) is 4.22. The van der Waals surface area contributed by atoms with Crippen molar-refractivity contribution in [2.75, 3.05) is 19.4 Å². The van der Waals surface area contributed by atoms with Crippen molar-refractivity contribution in [2.45, 2.75) is 0 Å². The summed E-state index contributed by atoms with van der Waals surface area (Å²) in [7, 11) is -3.22. The zero-order valence-electron chi connectivity index (χ0n) is 12.4. The second-order valence-electron chi connectivity index (χ2n) is 4.85. The van der Waals surface area contributed by atoms with Crippen LogP contribution in [0, 0.1) is 0 Å². The van der Waals surface area contributed by atoms with Gasteiger partial charge in [-0.2, -0.15) is 4.52 Å². The smallest absolute Gasteiger partial charge is 0.231 e. The minimum atomic E-state index is -3.22. The Morgan fingerprint density at radius 1 is 1.13 bits per heavy atom. The van der Waals surface area contributed by atoms with Crippen LogP contribution in [-0.4, -0.2) is 47.6 Å². The van der Waals surface area contributed by atoms with Gasteiger partial charge in [0.15, 0.2) is 11.5 Å². The van der Waals surface area contributed by atoms with Crippen LogP contribution in [0.3, 0.4) is 0 Å². The van der Waals surface area contributed by atoms with Gasteiger partial charge in [-0.1, -0.05) is 30.3 Å². The van der Waals surface area contributed by atoms with Gasteiger partial charge in [-0.3, -0.25) is 0 Å². The number of nitrogens with one attached hydrogen (secondary N) is 1. The Bertz CT molecular complexity index is 909. The predicted octanol–water partition coefficient (Wildman–Crippen LogP) is 0.719. The molecule has 3 aromatic rings. The number of ether oxygens (including phenoxy) is 1. The van der Waals surface area contributed by atoms with Gasteiger partial charge in [-0.25, -0.2) is 13.1 Å². The van der Waals surface area contributed by atoms with Crippen LogP contribution >= 0.6 is 0 Å². The highest BCUT2D eigenvalue weighted by Crippen LogP contribution is 2.18. The van der Waals surface area contributed by atoms with Crippen molar-refractivity contribution in [2.24, 2.45) is 0 Å². The molecule has 2 heterocycles. The summed E-state index contributed by atoms with van der Waals surface area (Å²) >= 11 is 0. The Hall–Kier alpha value is -2.52. The monoisotopic (exact) mass is 333 g/mol. The summed E-state index contributed by atoms with van der Waals surface area (Å²) < 4.78 is 31.4. The topological polar surface area (TPSA) is 98.5 Å². The lowest BCUT2D eigenvalue weighted by Gasteiger charge is -2.06. The van der Waals surface area contributed by atoms with E-state index in [9.17, 15) is 8.42 Å². The highest BCUT2D eigenvalue weighted by atomic mass is 32.2. The minimum absolute atomic E-state index is 0.173. The van der Waals surface area contributed by atoms with Crippen molar-refractivity contribution < 1.29 is 13.2 Å². The number of nitrogens with zero attached hydrogens (tertiary/aromatic N) is 4. The number of hydrogen-bond acceptors (Lipinski definition) is 6. The molecule has 0 spiro atoms. The van der Waals surface area contributed by atoms with Gasteiger partial charge in [0.2, 0.25) is 15.9 Å². The van der Waals surface area contributed by atoms with Gasteiger partial charge in [0, 0.05) is 18.2 Å². The summed E-state index contributed by atoms with van der Waals surface area (Å²) in [4.78, 5) is 0. The van der Waals surface area contributed by atoms with Crippen molar-refractivity contribution >= 4 is 15.7 Å². The predicted molar refractivity (Wildman–Crippen MR) is 84.6 cm³/mol. The Morgan fingerprint density at radius 3 is 2.65 bits per heavy atom. The molecule has 0 aliphatic rings. The second kappa shape index (κ2) is 6.31. The molecule has 1 aromatic carbocycles. The first-order chi connectivity index (χ1) is 11.0. The maximum Gasteiger partial charge on any atom is 0.231 e.